The van der Waals surface area contributed by atoms with Gasteiger partial charge in [-0.25, -0.2) is 0 Å². The molecule has 0 bridgehead atoms. The third kappa shape index (κ3) is 7.48. The van der Waals surface area contributed by atoms with E-state index in [-0.39, 0.29) is 48.7 Å². The first-order valence-electron chi connectivity index (χ1n) is 8.24. The fraction of sp³-hybridized carbons (Fsp3) is 0.867. The molecule has 0 saturated carbocycles. The van der Waals surface area contributed by atoms with E-state index in [0.717, 1.165) is 31.1 Å². The van der Waals surface area contributed by atoms with Gasteiger partial charge in [0.05, 0.1) is 12.1 Å². The van der Waals surface area contributed by atoms with Crippen LogP contribution in [0.25, 0.3) is 0 Å². The molecule has 2 atom stereocenters. The average Bonchev–Trinajstić information content (AvgIpc) is 3.12. The number of hydrogen-bond donors (Lipinski definition) is 2. The molecule has 0 aliphatic carbocycles. The smallest absolute Gasteiger partial charge is 0.240 e. The Kier molecular flexibility index (Phi) is 12.9. The third-order valence-electron chi connectivity index (χ3n) is 4.39. The lowest BCUT2D eigenvalue weighted by Crippen LogP contribution is -2.57. The Labute approximate surface area is 166 Å². The van der Waals surface area contributed by atoms with Crippen LogP contribution in [0.1, 0.15) is 13.3 Å². The normalized spacial score (nSPS) is 21.8. The fourth-order valence-corrected chi connectivity index (χ4v) is 3.78. The molecule has 2 aliphatic rings. The van der Waals surface area contributed by atoms with Crippen molar-refractivity contribution in [2.24, 2.45) is 0 Å². The van der Waals surface area contributed by atoms with E-state index < -0.39 is 0 Å². The molecule has 2 fully saturated rings. The van der Waals surface area contributed by atoms with Gasteiger partial charge in [-0.05, 0) is 13.3 Å². The van der Waals surface area contributed by atoms with E-state index in [1.807, 2.05) is 11.8 Å². The van der Waals surface area contributed by atoms with Crippen LogP contribution >= 0.6 is 36.6 Å². The second-order valence-corrected chi connectivity index (χ2v) is 6.98. The number of nitrogens with zero attached hydrogens (tertiary/aromatic N) is 2. The van der Waals surface area contributed by atoms with Gasteiger partial charge in [-0.3, -0.25) is 19.8 Å². The number of nitrogens with one attached hydrogen (secondary N) is 2. The molecule has 0 aromatic heterocycles. The minimum atomic E-state index is -0.157. The van der Waals surface area contributed by atoms with E-state index in [2.05, 4.69) is 15.5 Å². The first kappa shape index (κ1) is 24.8. The SMILES string of the molecule is COCCCNC(=O)C(C)N1CCN(C(=O)C2CSCN2)CC1.Cl.Cl. The lowest BCUT2D eigenvalue weighted by Gasteiger charge is -2.38. The Morgan fingerprint density at radius 3 is 2.52 bits per heavy atom. The van der Waals surface area contributed by atoms with Crippen LogP contribution in [0.4, 0.5) is 0 Å². The minimum absolute atomic E-state index is 0. The zero-order valence-electron chi connectivity index (χ0n) is 14.9. The maximum Gasteiger partial charge on any atom is 0.240 e. The monoisotopic (exact) mass is 416 g/mol. The summed E-state index contributed by atoms with van der Waals surface area (Å²) < 4.78 is 4.97. The standard InChI is InChI=1S/C15H28N4O3S.2ClH/c1-12(14(20)16-4-3-9-22-2)18-5-7-19(8-6-18)15(21)13-10-23-11-17-13;;/h12-13,17H,3-11H2,1-2H3,(H,16,20);2*1H. The Morgan fingerprint density at radius 2 is 1.96 bits per heavy atom. The molecule has 2 heterocycles. The summed E-state index contributed by atoms with van der Waals surface area (Å²) in [7, 11) is 1.66. The van der Waals surface area contributed by atoms with Gasteiger partial charge < -0.3 is 15.0 Å². The topological polar surface area (TPSA) is 73.9 Å². The molecule has 2 unspecified atom stereocenters. The van der Waals surface area contributed by atoms with Crippen LogP contribution in [0.5, 0.6) is 0 Å². The fourth-order valence-electron chi connectivity index (χ4n) is 2.85. The lowest BCUT2D eigenvalue weighted by atomic mass is 10.2. The van der Waals surface area contributed by atoms with Crippen molar-refractivity contribution in [3.05, 3.63) is 0 Å². The van der Waals surface area contributed by atoms with E-state index in [1.165, 1.54) is 0 Å². The van der Waals surface area contributed by atoms with Gasteiger partial charge in [0.25, 0.3) is 0 Å². The molecular formula is C15H30Cl2N4O3S. The largest absolute Gasteiger partial charge is 0.385 e. The molecular weight excluding hydrogens is 387 g/mol. The Morgan fingerprint density at radius 1 is 1.28 bits per heavy atom. The summed E-state index contributed by atoms with van der Waals surface area (Å²) in [6, 6.07) is -0.192. The number of ether oxygens (including phenoxy) is 1. The maximum absolute atomic E-state index is 12.4. The molecule has 0 aromatic carbocycles. The highest BCUT2D eigenvalue weighted by molar-refractivity contribution is 7.99. The highest BCUT2D eigenvalue weighted by atomic mass is 35.5. The number of thioether (sulfide) groups is 1. The molecule has 0 aromatic rings. The van der Waals surface area contributed by atoms with E-state index in [4.69, 9.17) is 4.74 Å². The van der Waals surface area contributed by atoms with E-state index >= 15 is 0 Å². The number of halogens is 2. The number of rotatable bonds is 7. The Hall–Kier alpha value is -0.250. The molecule has 2 rings (SSSR count). The Balaban J connectivity index is 0.00000288. The summed E-state index contributed by atoms with van der Waals surface area (Å²) in [5.41, 5.74) is 0. The summed E-state index contributed by atoms with van der Waals surface area (Å²) in [6.07, 6.45) is 0.823. The summed E-state index contributed by atoms with van der Waals surface area (Å²) in [6.45, 7) is 6.12. The van der Waals surface area contributed by atoms with E-state index in [0.29, 0.717) is 26.2 Å². The van der Waals surface area contributed by atoms with E-state index in [1.54, 1.807) is 18.9 Å². The van der Waals surface area contributed by atoms with Crippen LogP contribution in [0.3, 0.4) is 0 Å². The summed E-state index contributed by atoms with van der Waals surface area (Å²) in [5.74, 6) is 1.97. The molecule has 2 aliphatic heterocycles. The zero-order chi connectivity index (χ0) is 16.7. The van der Waals surface area contributed by atoms with Crippen LogP contribution < -0.4 is 10.6 Å². The van der Waals surface area contributed by atoms with Gasteiger partial charge in [0.1, 0.15) is 0 Å². The first-order chi connectivity index (χ1) is 11.1. The molecule has 10 heteroatoms. The number of carbonyl (C=O) groups excluding carboxylic acids is 2. The molecule has 2 saturated heterocycles. The van der Waals surface area contributed by atoms with Gasteiger partial charge in [0.2, 0.25) is 11.8 Å². The minimum Gasteiger partial charge on any atom is -0.385 e. The van der Waals surface area contributed by atoms with Crippen molar-refractivity contribution in [1.29, 1.82) is 0 Å². The van der Waals surface area contributed by atoms with Crippen molar-refractivity contribution in [2.75, 3.05) is 58.1 Å². The van der Waals surface area contributed by atoms with Crippen molar-refractivity contribution in [2.45, 2.75) is 25.4 Å². The van der Waals surface area contributed by atoms with Crippen molar-refractivity contribution < 1.29 is 14.3 Å². The van der Waals surface area contributed by atoms with Crippen LogP contribution in [-0.2, 0) is 14.3 Å². The van der Waals surface area contributed by atoms with Gasteiger partial charge in [-0.2, -0.15) is 0 Å². The molecule has 148 valence electrons. The quantitative estimate of drug-likeness (QED) is 0.576. The van der Waals surface area contributed by atoms with Gasteiger partial charge in [-0.15, -0.1) is 36.6 Å². The Bertz CT molecular complexity index is 406. The van der Waals surface area contributed by atoms with Gasteiger partial charge >= 0.3 is 0 Å². The second-order valence-electron chi connectivity index (χ2n) is 5.95. The molecule has 25 heavy (non-hydrogen) atoms. The third-order valence-corrected chi connectivity index (χ3v) is 5.33. The van der Waals surface area contributed by atoms with Crippen molar-refractivity contribution in [3.8, 4) is 0 Å². The average molecular weight is 417 g/mol. The second kappa shape index (κ2) is 13.0. The number of hydrogen-bond acceptors (Lipinski definition) is 6. The van der Waals surface area contributed by atoms with Gasteiger partial charge in [0.15, 0.2) is 0 Å². The van der Waals surface area contributed by atoms with Gasteiger partial charge in [0, 0.05) is 58.1 Å². The van der Waals surface area contributed by atoms with Crippen molar-refractivity contribution in [3.63, 3.8) is 0 Å². The van der Waals surface area contributed by atoms with E-state index in [9.17, 15) is 9.59 Å². The lowest BCUT2D eigenvalue weighted by molar-refractivity contribution is -0.135. The maximum atomic E-state index is 12.4. The first-order valence-corrected chi connectivity index (χ1v) is 9.39. The summed E-state index contributed by atoms with van der Waals surface area (Å²) in [4.78, 5) is 28.6. The van der Waals surface area contributed by atoms with Crippen LogP contribution in [0.15, 0.2) is 0 Å². The molecule has 7 nitrogen and oxygen atoms in total. The summed E-state index contributed by atoms with van der Waals surface area (Å²) in [5, 5.41) is 6.16. The predicted molar refractivity (Wildman–Crippen MR) is 106 cm³/mol. The molecule has 0 radical (unpaired) electrons. The molecule has 2 amide bonds. The molecule has 2 N–H and O–H groups in total. The molecule has 0 spiro atoms. The van der Waals surface area contributed by atoms with Crippen LogP contribution in [0, 0.1) is 0 Å². The number of carbonyl (C=O) groups is 2. The number of amides is 2. The highest BCUT2D eigenvalue weighted by Gasteiger charge is 2.31. The van der Waals surface area contributed by atoms with Gasteiger partial charge in [-0.1, -0.05) is 0 Å². The van der Waals surface area contributed by atoms with Crippen LogP contribution in [0.2, 0.25) is 0 Å². The van der Waals surface area contributed by atoms with Crippen molar-refractivity contribution in [1.82, 2.24) is 20.4 Å². The van der Waals surface area contributed by atoms with Crippen LogP contribution in [-0.4, -0.2) is 91.8 Å². The zero-order valence-corrected chi connectivity index (χ0v) is 17.3. The number of piperazine rings is 1. The highest BCUT2D eigenvalue weighted by Crippen LogP contribution is 2.14. The van der Waals surface area contributed by atoms with Crippen molar-refractivity contribution >= 4 is 48.4 Å². The predicted octanol–water partition coefficient (Wildman–Crippen LogP) is 0.178. The summed E-state index contributed by atoms with van der Waals surface area (Å²) >= 11 is 1.76. The number of methoxy groups -OCH3 is 1.